The number of rotatable bonds is 5. The summed E-state index contributed by atoms with van der Waals surface area (Å²) in [6, 6.07) is 6.15. The van der Waals surface area contributed by atoms with Crippen LogP contribution in [0.25, 0.3) is 0 Å². The van der Waals surface area contributed by atoms with Crippen LogP contribution < -0.4 is 21.9 Å². The predicted octanol–water partition coefficient (Wildman–Crippen LogP) is 1.10. The largest absolute Gasteiger partial charge is 0.382 e. The maximum Gasteiger partial charge on any atom is 0.277 e. The number of aromatic amines is 1. The highest BCUT2D eigenvalue weighted by molar-refractivity contribution is 7.99. The second kappa shape index (κ2) is 7.84. The summed E-state index contributed by atoms with van der Waals surface area (Å²) in [6.45, 7) is 0. The Morgan fingerprint density at radius 1 is 1.33 bits per heavy atom. The van der Waals surface area contributed by atoms with Gasteiger partial charge in [-0.25, -0.2) is 4.98 Å². The van der Waals surface area contributed by atoms with E-state index in [2.05, 4.69) is 20.6 Å². The number of nitrogens with one attached hydrogen (secondary N) is 3. The van der Waals surface area contributed by atoms with Crippen LogP contribution in [0.5, 0.6) is 0 Å². The normalized spacial score (nSPS) is 10.2. The smallest absolute Gasteiger partial charge is 0.277 e. The maximum absolute atomic E-state index is 12.1. The van der Waals surface area contributed by atoms with E-state index in [1.54, 1.807) is 12.1 Å². The van der Waals surface area contributed by atoms with Crippen molar-refractivity contribution in [1.82, 2.24) is 15.3 Å². The average molecular weight is 368 g/mol. The zero-order valence-corrected chi connectivity index (χ0v) is 14.1. The van der Waals surface area contributed by atoms with E-state index >= 15 is 0 Å². The minimum atomic E-state index is -0.607. The molecule has 0 atom stereocenters. The molecule has 0 fully saturated rings. The van der Waals surface area contributed by atoms with E-state index < -0.39 is 11.5 Å². The first-order chi connectivity index (χ1) is 11.4. The lowest BCUT2D eigenvalue weighted by Crippen LogP contribution is -2.24. The number of amides is 2. The lowest BCUT2D eigenvalue weighted by Gasteiger charge is -2.08. The predicted molar refractivity (Wildman–Crippen MR) is 93.5 cm³/mol. The summed E-state index contributed by atoms with van der Waals surface area (Å²) in [5, 5.41) is 5.54. The van der Waals surface area contributed by atoms with Crippen LogP contribution in [0.3, 0.4) is 0 Å². The van der Waals surface area contributed by atoms with Gasteiger partial charge in [0.1, 0.15) is 5.69 Å². The second-order valence-corrected chi connectivity index (χ2v) is 5.95. The molecule has 8 nitrogen and oxygen atoms in total. The van der Waals surface area contributed by atoms with E-state index in [9.17, 15) is 14.4 Å². The molecule has 1 aromatic carbocycles. The van der Waals surface area contributed by atoms with Gasteiger partial charge in [-0.05, 0) is 24.3 Å². The Bertz CT molecular complexity index is 822. The van der Waals surface area contributed by atoms with Gasteiger partial charge in [0.25, 0.3) is 11.5 Å². The van der Waals surface area contributed by atoms with Gasteiger partial charge in [-0.3, -0.25) is 19.4 Å². The third-order valence-corrected chi connectivity index (χ3v) is 4.01. The van der Waals surface area contributed by atoms with Crippen molar-refractivity contribution in [2.24, 2.45) is 0 Å². The number of aromatic nitrogens is 2. The molecule has 0 bridgehead atoms. The minimum Gasteiger partial charge on any atom is -0.382 e. The van der Waals surface area contributed by atoms with Crippen LogP contribution in [0, 0.1) is 0 Å². The van der Waals surface area contributed by atoms with Crippen LogP contribution in [0.4, 0.5) is 11.5 Å². The van der Waals surface area contributed by atoms with Crippen molar-refractivity contribution >= 4 is 46.7 Å². The first-order valence-electron chi connectivity index (χ1n) is 6.70. The fraction of sp³-hybridized carbons (Fsp3) is 0.143. The van der Waals surface area contributed by atoms with Gasteiger partial charge in [0, 0.05) is 17.6 Å². The van der Waals surface area contributed by atoms with Gasteiger partial charge in [0.2, 0.25) is 5.91 Å². The molecular weight excluding hydrogens is 354 g/mol. The number of H-pyrrole nitrogens is 1. The summed E-state index contributed by atoms with van der Waals surface area (Å²) in [4.78, 5) is 41.8. The van der Waals surface area contributed by atoms with Crippen molar-refractivity contribution < 1.29 is 9.59 Å². The number of nitrogen functional groups attached to an aromatic ring is 1. The molecule has 24 heavy (non-hydrogen) atoms. The van der Waals surface area contributed by atoms with E-state index in [0.717, 1.165) is 11.8 Å². The molecule has 10 heteroatoms. The summed E-state index contributed by atoms with van der Waals surface area (Å²) >= 11 is 6.78. The molecule has 0 saturated heterocycles. The van der Waals surface area contributed by atoms with Crippen LogP contribution in [0.1, 0.15) is 10.4 Å². The van der Waals surface area contributed by atoms with Crippen molar-refractivity contribution in [3.8, 4) is 0 Å². The van der Waals surface area contributed by atoms with Crippen molar-refractivity contribution in [1.29, 1.82) is 0 Å². The molecule has 1 heterocycles. The van der Waals surface area contributed by atoms with Crippen LogP contribution in [-0.2, 0) is 4.79 Å². The Kier molecular flexibility index (Phi) is 5.83. The molecule has 2 aromatic rings. The lowest BCUT2D eigenvalue weighted by atomic mass is 10.2. The summed E-state index contributed by atoms with van der Waals surface area (Å²) in [5.74, 6) is -0.798. The van der Waals surface area contributed by atoms with Crippen molar-refractivity contribution in [2.45, 2.75) is 5.16 Å². The SMILES string of the molecule is CNC(=O)CSc1nc(N)c(NC(=O)c2ccc(Cl)cc2)c(=O)[nH]1. The highest BCUT2D eigenvalue weighted by Gasteiger charge is 2.14. The van der Waals surface area contributed by atoms with E-state index in [4.69, 9.17) is 17.3 Å². The third-order valence-electron chi connectivity index (χ3n) is 2.89. The Morgan fingerprint density at radius 2 is 2.00 bits per heavy atom. The first kappa shape index (κ1) is 17.8. The molecule has 0 aliphatic rings. The molecular formula is C14H14ClN5O3S. The number of benzene rings is 1. The monoisotopic (exact) mass is 367 g/mol. The molecule has 0 saturated carbocycles. The van der Waals surface area contributed by atoms with Gasteiger partial charge in [0.05, 0.1) is 5.75 Å². The summed E-state index contributed by atoms with van der Waals surface area (Å²) < 4.78 is 0. The fourth-order valence-electron chi connectivity index (χ4n) is 1.65. The number of hydrogen-bond acceptors (Lipinski definition) is 6. The molecule has 5 N–H and O–H groups in total. The summed E-state index contributed by atoms with van der Waals surface area (Å²) in [7, 11) is 1.50. The topological polar surface area (TPSA) is 130 Å². The van der Waals surface area contributed by atoms with Crippen molar-refractivity contribution in [3.05, 3.63) is 45.2 Å². The zero-order valence-electron chi connectivity index (χ0n) is 12.6. The molecule has 2 amide bonds. The summed E-state index contributed by atoms with van der Waals surface area (Å²) in [6.07, 6.45) is 0. The number of nitrogens with zero attached hydrogens (tertiary/aromatic N) is 1. The fourth-order valence-corrected chi connectivity index (χ4v) is 2.52. The van der Waals surface area contributed by atoms with Gasteiger partial charge < -0.3 is 16.4 Å². The second-order valence-electron chi connectivity index (χ2n) is 4.55. The van der Waals surface area contributed by atoms with E-state index in [1.807, 2.05) is 0 Å². The number of nitrogens with two attached hydrogens (primary N) is 1. The Labute approximate surface area is 146 Å². The number of carbonyl (C=O) groups is 2. The van der Waals surface area contributed by atoms with Crippen LogP contribution in [-0.4, -0.2) is 34.6 Å². The van der Waals surface area contributed by atoms with E-state index in [-0.39, 0.29) is 28.3 Å². The van der Waals surface area contributed by atoms with Crippen molar-refractivity contribution in [2.75, 3.05) is 23.9 Å². The van der Waals surface area contributed by atoms with Gasteiger partial charge >= 0.3 is 0 Å². The molecule has 0 radical (unpaired) electrons. The first-order valence-corrected chi connectivity index (χ1v) is 8.07. The highest BCUT2D eigenvalue weighted by atomic mass is 35.5. The molecule has 0 aliphatic carbocycles. The lowest BCUT2D eigenvalue weighted by molar-refractivity contribution is -0.118. The van der Waals surface area contributed by atoms with Gasteiger partial charge in [-0.15, -0.1) is 0 Å². The molecule has 0 spiro atoms. The molecule has 126 valence electrons. The molecule has 0 aliphatic heterocycles. The highest BCUT2D eigenvalue weighted by Crippen LogP contribution is 2.17. The van der Waals surface area contributed by atoms with E-state index in [0.29, 0.717) is 10.6 Å². The quantitative estimate of drug-likeness (QED) is 0.462. The van der Waals surface area contributed by atoms with Crippen LogP contribution in [0.2, 0.25) is 5.02 Å². The minimum absolute atomic E-state index is 0.0787. The van der Waals surface area contributed by atoms with Gasteiger partial charge in [-0.2, -0.15) is 0 Å². The zero-order chi connectivity index (χ0) is 17.7. The Morgan fingerprint density at radius 3 is 2.58 bits per heavy atom. The number of hydrogen-bond donors (Lipinski definition) is 4. The number of anilines is 2. The number of thioether (sulfide) groups is 1. The standard InChI is InChI=1S/C14H14ClN5O3S/c1-17-9(21)6-24-14-19-11(16)10(13(23)20-14)18-12(22)7-2-4-8(15)5-3-7/h2-5H,6H2,1H3,(H,17,21)(H,18,22)(H3,16,19,20,23). The molecule has 1 aromatic heterocycles. The van der Waals surface area contributed by atoms with Gasteiger partial charge in [0.15, 0.2) is 11.0 Å². The average Bonchev–Trinajstić information content (AvgIpc) is 2.56. The van der Waals surface area contributed by atoms with Crippen LogP contribution in [0.15, 0.2) is 34.2 Å². The molecule has 0 unspecified atom stereocenters. The maximum atomic E-state index is 12.1. The van der Waals surface area contributed by atoms with Crippen molar-refractivity contribution in [3.63, 3.8) is 0 Å². The molecule has 2 rings (SSSR count). The number of halogens is 1. The number of carbonyl (C=O) groups excluding carboxylic acids is 2. The van der Waals surface area contributed by atoms with E-state index in [1.165, 1.54) is 19.2 Å². The Hall–Kier alpha value is -2.52. The summed E-state index contributed by atoms with van der Waals surface area (Å²) in [5.41, 5.74) is 5.29. The van der Waals surface area contributed by atoms with Gasteiger partial charge in [-0.1, -0.05) is 23.4 Å². The van der Waals surface area contributed by atoms with Crippen LogP contribution >= 0.6 is 23.4 Å². The third kappa shape index (κ3) is 4.49. The Balaban J connectivity index is 2.16.